The van der Waals surface area contributed by atoms with Gasteiger partial charge < -0.3 is 15.2 Å². The van der Waals surface area contributed by atoms with Crippen LogP contribution in [0.5, 0.6) is 5.75 Å². The van der Waals surface area contributed by atoms with E-state index in [1.54, 1.807) is 0 Å². The lowest BCUT2D eigenvalue weighted by molar-refractivity contribution is -0.140. The summed E-state index contributed by atoms with van der Waals surface area (Å²) in [5.74, 6) is -0.183. The van der Waals surface area contributed by atoms with Crippen molar-refractivity contribution in [3.05, 3.63) is 29.8 Å². The van der Waals surface area contributed by atoms with Crippen LogP contribution in [0.4, 0.5) is 0 Å². The van der Waals surface area contributed by atoms with E-state index in [1.807, 2.05) is 49.9 Å². The van der Waals surface area contributed by atoms with Crippen LogP contribution in [0.2, 0.25) is 0 Å². The predicted octanol–water partition coefficient (Wildman–Crippen LogP) is 2.21. The minimum absolute atomic E-state index is 0.0514. The molecular weight excluding hydrogens is 320 g/mol. The molecule has 0 aliphatic heterocycles. The minimum atomic E-state index is -0.813. The highest BCUT2D eigenvalue weighted by Crippen LogP contribution is 2.26. The molecule has 0 bridgehead atoms. The fourth-order valence-electron chi connectivity index (χ4n) is 3.13. The van der Waals surface area contributed by atoms with Crippen LogP contribution in [0, 0.1) is 6.92 Å². The summed E-state index contributed by atoms with van der Waals surface area (Å²) in [6.07, 6.45) is 1.65. The van der Waals surface area contributed by atoms with Crippen LogP contribution in [-0.2, 0) is 9.59 Å². The highest BCUT2D eigenvalue weighted by molar-refractivity contribution is 5.81. The van der Waals surface area contributed by atoms with Gasteiger partial charge in [-0.05, 0) is 44.4 Å². The van der Waals surface area contributed by atoms with Crippen molar-refractivity contribution in [2.24, 2.45) is 0 Å². The van der Waals surface area contributed by atoms with Gasteiger partial charge in [-0.1, -0.05) is 32.0 Å². The Morgan fingerprint density at radius 1 is 1.32 bits per heavy atom. The molecule has 0 radical (unpaired) electrons. The first-order valence-electron chi connectivity index (χ1n) is 8.93. The summed E-state index contributed by atoms with van der Waals surface area (Å²) in [5, 5.41) is 12.0. The summed E-state index contributed by atoms with van der Waals surface area (Å²) < 4.78 is 5.87. The van der Waals surface area contributed by atoms with Gasteiger partial charge in [0.05, 0.1) is 6.54 Å². The second-order valence-electron chi connectivity index (χ2n) is 6.57. The summed E-state index contributed by atoms with van der Waals surface area (Å²) >= 11 is 0. The Kier molecular flexibility index (Phi) is 6.82. The van der Waals surface area contributed by atoms with E-state index in [-0.39, 0.29) is 24.5 Å². The maximum Gasteiger partial charge on any atom is 0.317 e. The topological polar surface area (TPSA) is 78.9 Å². The average molecular weight is 348 g/mol. The molecule has 0 heterocycles. The number of likely N-dealkylation sites (N-methyl/N-ethyl adjacent to an activating group) is 1. The van der Waals surface area contributed by atoms with Gasteiger partial charge in [-0.3, -0.25) is 14.5 Å². The fourth-order valence-corrected chi connectivity index (χ4v) is 3.13. The number of carbonyl (C=O) groups is 2. The third-order valence-corrected chi connectivity index (χ3v) is 4.75. The summed E-state index contributed by atoms with van der Waals surface area (Å²) in [5.41, 5.74) is 1.00. The number of benzene rings is 1. The molecule has 0 aromatic heterocycles. The van der Waals surface area contributed by atoms with Gasteiger partial charge in [0.1, 0.15) is 5.75 Å². The van der Waals surface area contributed by atoms with Crippen molar-refractivity contribution < 1.29 is 19.4 Å². The monoisotopic (exact) mass is 348 g/mol. The molecule has 1 aliphatic rings. The van der Waals surface area contributed by atoms with Crippen molar-refractivity contribution in [3.8, 4) is 5.75 Å². The lowest BCUT2D eigenvalue weighted by atomic mass is 9.85. The number of aliphatic carboxylic acids is 1. The summed E-state index contributed by atoms with van der Waals surface area (Å²) in [7, 11) is 0. The average Bonchev–Trinajstić information content (AvgIpc) is 2.54. The van der Waals surface area contributed by atoms with Crippen LogP contribution >= 0.6 is 0 Å². The van der Waals surface area contributed by atoms with E-state index >= 15 is 0 Å². The van der Waals surface area contributed by atoms with E-state index < -0.39 is 12.1 Å². The van der Waals surface area contributed by atoms with Crippen molar-refractivity contribution in [1.29, 1.82) is 0 Å². The molecule has 1 unspecified atom stereocenters. The van der Waals surface area contributed by atoms with Gasteiger partial charge >= 0.3 is 5.97 Å². The number of nitrogens with one attached hydrogen (secondary N) is 1. The Hall–Kier alpha value is -2.08. The van der Waals surface area contributed by atoms with E-state index in [9.17, 15) is 9.59 Å². The number of aryl methyl sites for hydroxylation is 1. The number of nitrogens with zero attached hydrogens (tertiary/aromatic N) is 1. The SMILES string of the molecule is CCC(Oc1ccccc1C)C(=O)NC1CC(N(CC)CC(=O)O)C1. The van der Waals surface area contributed by atoms with Crippen molar-refractivity contribution in [2.45, 2.75) is 58.2 Å². The third-order valence-electron chi connectivity index (χ3n) is 4.75. The molecule has 0 saturated heterocycles. The number of para-hydroxylation sites is 1. The van der Waals surface area contributed by atoms with E-state index in [4.69, 9.17) is 9.84 Å². The van der Waals surface area contributed by atoms with E-state index in [2.05, 4.69) is 5.32 Å². The van der Waals surface area contributed by atoms with Gasteiger partial charge in [-0.2, -0.15) is 0 Å². The quantitative estimate of drug-likeness (QED) is 0.715. The molecular formula is C19H28N2O4. The Labute approximate surface area is 149 Å². The molecule has 2 rings (SSSR count). The number of amides is 1. The molecule has 1 atom stereocenters. The zero-order chi connectivity index (χ0) is 18.4. The number of carbonyl (C=O) groups excluding carboxylic acids is 1. The Balaban J connectivity index is 1.83. The van der Waals surface area contributed by atoms with Gasteiger partial charge in [0.15, 0.2) is 6.10 Å². The van der Waals surface area contributed by atoms with Gasteiger partial charge in [0, 0.05) is 12.1 Å². The van der Waals surface area contributed by atoms with Gasteiger partial charge in [-0.25, -0.2) is 0 Å². The number of rotatable bonds is 9. The molecule has 1 aromatic rings. The lowest BCUT2D eigenvalue weighted by Crippen LogP contribution is -2.56. The van der Waals surface area contributed by atoms with Crippen LogP contribution in [0.25, 0.3) is 0 Å². The molecule has 1 amide bonds. The van der Waals surface area contributed by atoms with Gasteiger partial charge in [0.2, 0.25) is 0 Å². The molecule has 2 N–H and O–H groups in total. The molecule has 1 saturated carbocycles. The second kappa shape index (κ2) is 8.85. The summed E-state index contributed by atoms with van der Waals surface area (Å²) in [6.45, 7) is 6.59. The van der Waals surface area contributed by atoms with E-state index in [0.29, 0.717) is 13.0 Å². The highest BCUT2D eigenvalue weighted by atomic mass is 16.5. The zero-order valence-corrected chi connectivity index (χ0v) is 15.2. The maximum absolute atomic E-state index is 12.5. The fraction of sp³-hybridized carbons (Fsp3) is 0.579. The Morgan fingerprint density at radius 3 is 2.56 bits per heavy atom. The van der Waals surface area contributed by atoms with E-state index in [1.165, 1.54) is 0 Å². The number of hydrogen-bond donors (Lipinski definition) is 2. The molecule has 138 valence electrons. The molecule has 1 fully saturated rings. The molecule has 1 aliphatic carbocycles. The number of ether oxygens (including phenoxy) is 1. The number of carboxylic acids is 1. The second-order valence-corrected chi connectivity index (χ2v) is 6.57. The standard InChI is InChI=1S/C19H28N2O4/c1-4-16(25-17-9-7-6-8-13(17)3)19(24)20-14-10-15(11-14)21(5-2)12-18(22)23/h6-9,14-16H,4-5,10-12H2,1-3H3,(H,20,24)(H,22,23). The maximum atomic E-state index is 12.5. The number of hydrogen-bond acceptors (Lipinski definition) is 4. The molecule has 1 aromatic carbocycles. The summed E-state index contributed by atoms with van der Waals surface area (Å²) in [6, 6.07) is 7.98. The first kappa shape index (κ1) is 19.2. The van der Waals surface area contributed by atoms with Crippen molar-refractivity contribution in [3.63, 3.8) is 0 Å². The smallest absolute Gasteiger partial charge is 0.317 e. The minimum Gasteiger partial charge on any atom is -0.480 e. The predicted molar refractivity (Wildman–Crippen MR) is 95.7 cm³/mol. The van der Waals surface area contributed by atoms with Gasteiger partial charge in [-0.15, -0.1) is 0 Å². The van der Waals surface area contributed by atoms with Crippen molar-refractivity contribution >= 4 is 11.9 Å². The normalized spacial score (nSPS) is 20.6. The first-order valence-corrected chi connectivity index (χ1v) is 8.93. The largest absolute Gasteiger partial charge is 0.480 e. The first-order chi connectivity index (χ1) is 11.9. The van der Waals surface area contributed by atoms with Crippen molar-refractivity contribution in [2.75, 3.05) is 13.1 Å². The highest BCUT2D eigenvalue weighted by Gasteiger charge is 2.35. The molecule has 25 heavy (non-hydrogen) atoms. The van der Waals surface area contributed by atoms with Crippen LogP contribution in [0.15, 0.2) is 24.3 Å². The third kappa shape index (κ3) is 5.19. The van der Waals surface area contributed by atoms with Crippen molar-refractivity contribution in [1.82, 2.24) is 10.2 Å². The summed E-state index contributed by atoms with van der Waals surface area (Å²) in [4.78, 5) is 25.3. The lowest BCUT2D eigenvalue weighted by Gasteiger charge is -2.42. The van der Waals surface area contributed by atoms with Crippen LogP contribution in [0.1, 0.15) is 38.7 Å². The number of carboxylic acid groups (broad SMARTS) is 1. The molecule has 6 heteroatoms. The zero-order valence-electron chi connectivity index (χ0n) is 15.2. The molecule has 0 spiro atoms. The van der Waals surface area contributed by atoms with Crippen LogP contribution in [0.3, 0.4) is 0 Å². The Bertz CT molecular complexity index is 599. The molecule has 6 nitrogen and oxygen atoms in total. The van der Waals surface area contributed by atoms with Crippen LogP contribution in [-0.4, -0.2) is 53.2 Å². The Morgan fingerprint density at radius 2 is 2.00 bits per heavy atom. The van der Waals surface area contributed by atoms with E-state index in [0.717, 1.165) is 24.2 Å². The van der Waals surface area contributed by atoms with Crippen LogP contribution < -0.4 is 10.1 Å². The van der Waals surface area contributed by atoms with Gasteiger partial charge in [0.25, 0.3) is 5.91 Å².